The Labute approximate surface area is 126 Å². The molecule has 1 rings (SSSR count). The third-order valence-corrected chi connectivity index (χ3v) is 2.57. The summed E-state index contributed by atoms with van der Waals surface area (Å²) in [7, 11) is 1.61. The summed E-state index contributed by atoms with van der Waals surface area (Å²) in [5.74, 6) is 0.753. The minimum absolute atomic E-state index is 0.363. The van der Waals surface area contributed by atoms with Crippen LogP contribution < -0.4 is 15.8 Å². The van der Waals surface area contributed by atoms with Gasteiger partial charge >= 0.3 is 6.09 Å². The molecule has 5 heteroatoms. The van der Waals surface area contributed by atoms with E-state index in [0.717, 1.165) is 11.3 Å². The molecule has 1 aromatic rings. The second-order valence-corrected chi connectivity index (χ2v) is 6.82. The number of hydrogen-bond acceptors (Lipinski definition) is 4. The van der Waals surface area contributed by atoms with Gasteiger partial charge in [-0.2, -0.15) is 0 Å². The lowest BCUT2D eigenvalue weighted by atomic mass is 9.95. The zero-order chi connectivity index (χ0) is 16.3. The Morgan fingerprint density at radius 1 is 1.24 bits per heavy atom. The first-order valence-corrected chi connectivity index (χ1v) is 6.96. The molecule has 0 fully saturated rings. The monoisotopic (exact) mass is 294 g/mol. The van der Waals surface area contributed by atoms with Gasteiger partial charge in [0.15, 0.2) is 0 Å². The normalized spacial score (nSPS) is 12.0. The van der Waals surface area contributed by atoms with Gasteiger partial charge in [-0.25, -0.2) is 4.79 Å². The van der Waals surface area contributed by atoms with Crippen LogP contribution in [0.2, 0.25) is 0 Å². The predicted octanol–water partition coefficient (Wildman–Crippen LogP) is 3.32. The SMILES string of the molecule is COc1ccc(NC(=O)OC(C)(C)C)cc1CC(C)(C)N. The molecule has 0 atom stereocenters. The second-order valence-electron chi connectivity index (χ2n) is 6.82. The highest BCUT2D eigenvalue weighted by molar-refractivity contribution is 5.85. The number of anilines is 1. The Hall–Kier alpha value is -1.75. The highest BCUT2D eigenvalue weighted by Crippen LogP contribution is 2.26. The van der Waals surface area contributed by atoms with Crippen LogP contribution in [0.4, 0.5) is 10.5 Å². The smallest absolute Gasteiger partial charge is 0.412 e. The number of ether oxygens (including phenoxy) is 2. The Morgan fingerprint density at radius 3 is 2.33 bits per heavy atom. The Bertz CT molecular complexity index is 499. The van der Waals surface area contributed by atoms with E-state index in [9.17, 15) is 4.79 Å². The van der Waals surface area contributed by atoms with Gasteiger partial charge in [0.25, 0.3) is 0 Å². The summed E-state index contributed by atoms with van der Waals surface area (Å²) in [6, 6.07) is 5.45. The van der Waals surface area contributed by atoms with E-state index in [0.29, 0.717) is 12.1 Å². The molecule has 1 amide bonds. The Balaban J connectivity index is 2.90. The van der Waals surface area contributed by atoms with Crippen LogP contribution in [0.1, 0.15) is 40.2 Å². The van der Waals surface area contributed by atoms with Crippen molar-refractivity contribution >= 4 is 11.8 Å². The average Bonchev–Trinajstić information content (AvgIpc) is 2.24. The molecule has 3 N–H and O–H groups in total. The van der Waals surface area contributed by atoms with Crippen LogP contribution in [0.15, 0.2) is 18.2 Å². The van der Waals surface area contributed by atoms with Gasteiger partial charge < -0.3 is 15.2 Å². The molecule has 0 radical (unpaired) electrons. The summed E-state index contributed by atoms with van der Waals surface area (Å²) < 4.78 is 10.6. The van der Waals surface area contributed by atoms with Crippen LogP contribution in [0.5, 0.6) is 5.75 Å². The molecular weight excluding hydrogens is 268 g/mol. The van der Waals surface area contributed by atoms with E-state index in [4.69, 9.17) is 15.2 Å². The number of carbonyl (C=O) groups excluding carboxylic acids is 1. The van der Waals surface area contributed by atoms with Crippen molar-refractivity contribution in [2.45, 2.75) is 52.2 Å². The molecule has 5 nitrogen and oxygen atoms in total. The molecule has 0 heterocycles. The van der Waals surface area contributed by atoms with Crippen LogP contribution in [-0.4, -0.2) is 24.3 Å². The molecule has 0 aromatic heterocycles. The zero-order valence-corrected chi connectivity index (χ0v) is 13.7. The maximum Gasteiger partial charge on any atom is 0.412 e. The number of carbonyl (C=O) groups is 1. The van der Waals surface area contributed by atoms with Crippen molar-refractivity contribution in [1.82, 2.24) is 0 Å². The fourth-order valence-electron chi connectivity index (χ4n) is 1.91. The van der Waals surface area contributed by atoms with Crippen molar-refractivity contribution in [3.63, 3.8) is 0 Å². The highest BCUT2D eigenvalue weighted by atomic mass is 16.6. The third kappa shape index (κ3) is 6.49. The highest BCUT2D eigenvalue weighted by Gasteiger charge is 2.18. The van der Waals surface area contributed by atoms with Crippen LogP contribution in [0.25, 0.3) is 0 Å². The summed E-state index contributed by atoms with van der Waals surface area (Å²) in [6.07, 6.45) is 0.158. The van der Waals surface area contributed by atoms with Crippen molar-refractivity contribution in [3.05, 3.63) is 23.8 Å². The van der Waals surface area contributed by atoms with Crippen LogP contribution >= 0.6 is 0 Å². The van der Waals surface area contributed by atoms with E-state index in [1.165, 1.54) is 0 Å². The van der Waals surface area contributed by atoms with Gasteiger partial charge in [-0.3, -0.25) is 5.32 Å². The lowest BCUT2D eigenvalue weighted by Gasteiger charge is -2.22. The molecule has 118 valence electrons. The average molecular weight is 294 g/mol. The van der Waals surface area contributed by atoms with Gasteiger partial charge in [-0.15, -0.1) is 0 Å². The van der Waals surface area contributed by atoms with E-state index in [1.54, 1.807) is 13.2 Å². The van der Waals surface area contributed by atoms with Crippen LogP contribution in [0, 0.1) is 0 Å². The minimum atomic E-state index is -0.529. The largest absolute Gasteiger partial charge is 0.496 e. The standard InChI is InChI=1S/C16H26N2O3/c1-15(2,3)21-14(19)18-12-7-8-13(20-6)11(9-12)10-16(4,5)17/h7-9H,10,17H2,1-6H3,(H,18,19). The number of hydrogen-bond donors (Lipinski definition) is 2. The molecule has 0 spiro atoms. The number of benzene rings is 1. The number of methoxy groups -OCH3 is 1. The Kier molecular flexibility index (Phi) is 5.23. The summed E-state index contributed by atoms with van der Waals surface area (Å²) in [4.78, 5) is 11.8. The van der Waals surface area contributed by atoms with Crippen LogP contribution in [0.3, 0.4) is 0 Å². The quantitative estimate of drug-likeness (QED) is 0.893. The fourth-order valence-corrected chi connectivity index (χ4v) is 1.91. The summed E-state index contributed by atoms with van der Waals surface area (Å²) in [5, 5.41) is 2.72. The van der Waals surface area contributed by atoms with E-state index in [1.807, 2.05) is 46.8 Å². The van der Waals surface area contributed by atoms with Crippen molar-refractivity contribution in [2.75, 3.05) is 12.4 Å². The van der Waals surface area contributed by atoms with Crippen LogP contribution in [-0.2, 0) is 11.2 Å². The molecule has 1 aromatic carbocycles. The molecule has 0 unspecified atom stereocenters. The zero-order valence-electron chi connectivity index (χ0n) is 13.7. The summed E-state index contributed by atoms with van der Waals surface area (Å²) in [5.41, 5.74) is 6.77. The first kappa shape index (κ1) is 17.3. The van der Waals surface area contributed by atoms with E-state index in [2.05, 4.69) is 5.32 Å². The summed E-state index contributed by atoms with van der Waals surface area (Å²) in [6.45, 7) is 9.36. The minimum Gasteiger partial charge on any atom is -0.496 e. The van der Waals surface area contributed by atoms with Gasteiger partial charge in [-0.1, -0.05) is 0 Å². The molecular formula is C16H26N2O3. The first-order chi connectivity index (χ1) is 9.50. The maximum absolute atomic E-state index is 11.8. The van der Waals surface area contributed by atoms with E-state index >= 15 is 0 Å². The van der Waals surface area contributed by atoms with Gasteiger partial charge in [0.1, 0.15) is 11.4 Å². The van der Waals surface area contributed by atoms with Gasteiger partial charge in [0.05, 0.1) is 7.11 Å². The van der Waals surface area contributed by atoms with Gasteiger partial charge in [0, 0.05) is 11.2 Å². The third-order valence-electron chi connectivity index (χ3n) is 2.57. The van der Waals surface area contributed by atoms with Gasteiger partial charge in [-0.05, 0) is 64.8 Å². The number of amides is 1. The molecule has 0 saturated carbocycles. The molecule has 0 aliphatic heterocycles. The molecule has 0 saturated heterocycles. The number of rotatable bonds is 4. The van der Waals surface area contributed by atoms with Crippen molar-refractivity contribution in [3.8, 4) is 5.75 Å². The lowest BCUT2D eigenvalue weighted by molar-refractivity contribution is 0.0636. The first-order valence-electron chi connectivity index (χ1n) is 6.96. The van der Waals surface area contributed by atoms with Crippen molar-refractivity contribution in [1.29, 1.82) is 0 Å². The summed E-state index contributed by atoms with van der Waals surface area (Å²) >= 11 is 0. The van der Waals surface area contributed by atoms with Crippen molar-refractivity contribution < 1.29 is 14.3 Å². The van der Waals surface area contributed by atoms with E-state index < -0.39 is 11.7 Å². The topological polar surface area (TPSA) is 73.6 Å². The fraction of sp³-hybridized carbons (Fsp3) is 0.562. The number of nitrogens with two attached hydrogens (primary N) is 1. The number of nitrogens with one attached hydrogen (secondary N) is 1. The lowest BCUT2D eigenvalue weighted by Crippen LogP contribution is -2.34. The second kappa shape index (κ2) is 6.35. The van der Waals surface area contributed by atoms with Crippen molar-refractivity contribution in [2.24, 2.45) is 5.73 Å². The van der Waals surface area contributed by atoms with E-state index in [-0.39, 0.29) is 5.54 Å². The molecule has 0 aliphatic carbocycles. The predicted molar refractivity (Wildman–Crippen MR) is 84.8 cm³/mol. The Morgan fingerprint density at radius 2 is 1.86 bits per heavy atom. The molecule has 0 bridgehead atoms. The molecule has 21 heavy (non-hydrogen) atoms. The maximum atomic E-state index is 11.8. The van der Waals surface area contributed by atoms with Gasteiger partial charge in [0.2, 0.25) is 0 Å². The molecule has 0 aliphatic rings.